The number of amides is 3. The van der Waals surface area contributed by atoms with Crippen molar-refractivity contribution in [2.24, 2.45) is 12.5 Å². The second kappa shape index (κ2) is 7.92. The first-order chi connectivity index (χ1) is 13.9. The maximum Gasteiger partial charge on any atom is 0.410 e. The smallest absolute Gasteiger partial charge is 0.410 e. The number of aromatic nitrogens is 2. The molecular weight excluding hydrogens is 386 g/mol. The molecule has 30 heavy (non-hydrogen) atoms. The Hall–Kier alpha value is -2.58. The Kier molecular flexibility index (Phi) is 5.84. The molecule has 1 N–H and O–H groups in total. The number of nitrogens with zero attached hydrogens (tertiary/aromatic N) is 4. The van der Waals surface area contributed by atoms with E-state index in [1.54, 1.807) is 49.8 Å². The van der Waals surface area contributed by atoms with Crippen molar-refractivity contribution in [2.75, 3.05) is 18.0 Å². The zero-order chi connectivity index (χ0) is 22.3. The fourth-order valence-corrected chi connectivity index (χ4v) is 4.27. The summed E-state index contributed by atoms with van der Waals surface area (Å²) < 4.78 is 7.18. The summed E-state index contributed by atoms with van der Waals surface area (Å²) in [5.74, 6) is -0.467. The monoisotopic (exact) mass is 419 g/mol. The number of hydrogen-bond acceptors (Lipinski definition) is 5. The minimum atomic E-state index is -0.693. The van der Waals surface area contributed by atoms with Gasteiger partial charge in [0.1, 0.15) is 17.7 Å². The maximum absolute atomic E-state index is 13.3. The number of anilines is 1. The molecule has 9 nitrogen and oxygen atoms in total. The van der Waals surface area contributed by atoms with Crippen LogP contribution >= 0.6 is 0 Å². The number of aryl methyl sites for hydroxylation is 1. The highest BCUT2D eigenvalue weighted by molar-refractivity contribution is 6.02. The molecule has 0 saturated carbocycles. The van der Waals surface area contributed by atoms with Crippen LogP contribution in [-0.4, -0.2) is 63.4 Å². The molecule has 9 heteroatoms. The van der Waals surface area contributed by atoms with Gasteiger partial charge in [0.2, 0.25) is 11.8 Å². The van der Waals surface area contributed by atoms with E-state index >= 15 is 0 Å². The molecule has 2 fully saturated rings. The molecule has 166 valence electrons. The van der Waals surface area contributed by atoms with Gasteiger partial charge in [-0.2, -0.15) is 5.10 Å². The van der Waals surface area contributed by atoms with Gasteiger partial charge in [-0.1, -0.05) is 13.8 Å². The van der Waals surface area contributed by atoms with Gasteiger partial charge in [-0.3, -0.25) is 19.2 Å². The van der Waals surface area contributed by atoms with Gasteiger partial charge in [0.25, 0.3) is 0 Å². The number of carbonyl (C=O) groups excluding carboxylic acids is 3. The molecule has 2 saturated heterocycles. The molecule has 0 spiro atoms. The Morgan fingerprint density at radius 2 is 1.97 bits per heavy atom. The Morgan fingerprint density at radius 1 is 1.27 bits per heavy atom. The third kappa shape index (κ3) is 4.60. The van der Waals surface area contributed by atoms with Crippen LogP contribution in [0.15, 0.2) is 12.4 Å². The number of hydrogen-bond donors (Lipinski definition) is 1. The van der Waals surface area contributed by atoms with Crippen molar-refractivity contribution < 1.29 is 19.1 Å². The number of piperidine rings is 1. The summed E-state index contributed by atoms with van der Waals surface area (Å²) in [6, 6.07) is -1.31. The number of carbonyl (C=O) groups is 3. The van der Waals surface area contributed by atoms with Crippen molar-refractivity contribution in [3.05, 3.63) is 12.4 Å². The van der Waals surface area contributed by atoms with E-state index in [0.29, 0.717) is 25.2 Å². The van der Waals surface area contributed by atoms with E-state index in [0.717, 1.165) is 12.8 Å². The Labute approximate surface area is 177 Å². The average Bonchev–Trinajstić information content (AvgIpc) is 3.18. The normalized spacial score (nSPS) is 24.1. The molecule has 0 bridgehead atoms. The Morgan fingerprint density at radius 3 is 2.57 bits per heavy atom. The molecule has 1 aromatic heterocycles. The fourth-order valence-electron chi connectivity index (χ4n) is 4.27. The molecular formula is C21H33N5O4. The van der Waals surface area contributed by atoms with Crippen LogP contribution in [0.1, 0.15) is 53.9 Å². The zero-order valence-electron chi connectivity index (χ0n) is 18.8. The van der Waals surface area contributed by atoms with Gasteiger partial charge in [0, 0.05) is 26.3 Å². The van der Waals surface area contributed by atoms with Crippen molar-refractivity contribution in [2.45, 2.75) is 71.6 Å². The van der Waals surface area contributed by atoms with E-state index in [1.165, 1.54) is 4.90 Å². The molecule has 0 radical (unpaired) electrons. The second-order valence-electron chi connectivity index (χ2n) is 9.88. The molecule has 3 rings (SSSR count). The fraction of sp³-hybridized carbons (Fsp3) is 0.714. The summed E-state index contributed by atoms with van der Waals surface area (Å²) in [6.07, 6.45) is 5.04. The van der Waals surface area contributed by atoms with E-state index in [2.05, 4.69) is 10.4 Å². The van der Waals surface area contributed by atoms with Crippen LogP contribution in [-0.2, 0) is 21.4 Å². The quantitative estimate of drug-likeness (QED) is 0.809. The minimum Gasteiger partial charge on any atom is -0.444 e. The van der Waals surface area contributed by atoms with E-state index in [9.17, 15) is 14.4 Å². The van der Waals surface area contributed by atoms with E-state index in [-0.39, 0.29) is 11.8 Å². The van der Waals surface area contributed by atoms with Gasteiger partial charge in [0.05, 0.1) is 11.9 Å². The van der Waals surface area contributed by atoms with Gasteiger partial charge in [-0.05, 0) is 45.4 Å². The molecule has 3 heterocycles. The predicted molar refractivity (Wildman–Crippen MR) is 112 cm³/mol. The highest BCUT2D eigenvalue weighted by atomic mass is 16.6. The lowest BCUT2D eigenvalue weighted by molar-refractivity contribution is -0.135. The number of rotatable bonds is 3. The van der Waals surface area contributed by atoms with Gasteiger partial charge < -0.3 is 15.0 Å². The van der Waals surface area contributed by atoms with Crippen molar-refractivity contribution >= 4 is 23.6 Å². The van der Waals surface area contributed by atoms with Crippen molar-refractivity contribution in [3.63, 3.8) is 0 Å². The van der Waals surface area contributed by atoms with E-state index in [1.807, 2.05) is 13.8 Å². The van der Waals surface area contributed by atoms with Gasteiger partial charge >= 0.3 is 6.09 Å². The maximum atomic E-state index is 13.3. The summed E-state index contributed by atoms with van der Waals surface area (Å²) in [5, 5.41) is 7.01. The van der Waals surface area contributed by atoms with E-state index < -0.39 is 29.2 Å². The van der Waals surface area contributed by atoms with Crippen molar-refractivity contribution in [1.82, 2.24) is 20.0 Å². The number of nitrogens with one attached hydrogen (secondary N) is 1. The van der Waals surface area contributed by atoms with Crippen LogP contribution in [0.3, 0.4) is 0 Å². The Balaban J connectivity index is 1.74. The largest absolute Gasteiger partial charge is 0.444 e. The molecule has 0 aromatic carbocycles. The molecule has 0 unspecified atom stereocenters. The first kappa shape index (κ1) is 22.1. The predicted octanol–water partition coefficient (Wildman–Crippen LogP) is 2.07. The van der Waals surface area contributed by atoms with Crippen LogP contribution in [0.5, 0.6) is 0 Å². The number of ether oxygens (including phenoxy) is 1. The molecule has 3 amide bonds. The van der Waals surface area contributed by atoms with Crippen LogP contribution < -0.4 is 10.2 Å². The minimum absolute atomic E-state index is 0.159. The van der Waals surface area contributed by atoms with Gasteiger partial charge in [-0.15, -0.1) is 0 Å². The lowest BCUT2D eigenvalue weighted by Gasteiger charge is -2.45. The van der Waals surface area contributed by atoms with Crippen LogP contribution in [0.4, 0.5) is 10.5 Å². The standard InChI is InChI=1S/C21H33N5O4/c1-20(2,3)30-19(29)26-10-7-9-21(4,5)16(26)17(27)23-15-8-11-25(18(15)28)14-12-22-24(6)13-14/h12-13,15-16H,7-11H2,1-6H3,(H,23,27)/t15-,16+/m0/s1. The van der Waals surface area contributed by atoms with Crippen LogP contribution in [0.2, 0.25) is 0 Å². The number of likely N-dealkylation sites (tertiary alicyclic amines) is 1. The van der Waals surface area contributed by atoms with Crippen LogP contribution in [0, 0.1) is 5.41 Å². The molecule has 0 aliphatic carbocycles. The molecule has 2 atom stereocenters. The summed E-state index contributed by atoms with van der Waals surface area (Å²) in [7, 11) is 1.79. The molecule has 2 aliphatic heterocycles. The summed E-state index contributed by atoms with van der Waals surface area (Å²) >= 11 is 0. The summed E-state index contributed by atoms with van der Waals surface area (Å²) in [6.45, 7) is 10.3. The average molecular weight is 420 g/mol. The summed E-state index contributed by atoms with van der Waals surface area (Å²) in [5.41, 5.74) is -0.359. The SMILES string of the molecule is Cn1cc(N2CC[C@H](NC(=O)[C@H]3N(C(=O)OC(C)(C)C)CCCC3(C)C)C2=O)cn1. The lowest BCUT2D eigenvalue weighted by atomic mass is 9.76. The van der Waals surface area contributed by atoms with Gasteiger partial charge in [-0.25, -0.2) is 4.79 Å². The van der Waals surface area contributed by atoms with Gasteiger partial charge in [0.15, 0.2) is 0 Å². The third-order valence-electron chi connectivity index (χ3n) is 5.67. The van der Waals surface area contributed by atoms with Crippen molar-refractivity contribution in [1.29, 1.82) is 0 Å². The topological polar surface area (TPSA) is 96.8 Å². The summed E-state index contributed by atoms with van der Waals surface area (Å²) in [4.78, 5) is 42.1. The molecule has 1 aromatic rings. The van der Waals surface area contributed by atoms with E-state index in [4.69, 9.17) is 4.74 Å². The van der Waals surface area contributed by atoms with Crippen molar-refractivity contribution in [3.8, 4) is 0 Å². The Bertz CT molecular complexity index is 826. The lowest BCUT2D eigenvalue weighted by Crippen LogP contribution is -2.61. The molecule has 2 aliphatic rings. The second-order valence-corrected chi connectivity index (χ2v) is 9.88. The first-order valence-corrected chi connectivity index (χ1v) is 10.5. The van der Waals surface area contributed by atoms with Crippen LogP contribution in [0.25, 0.3) is 0 Å². The zero-order valence-corrected chi connectivity index (χ0v) is 18.8. The highest BCUT2D eigenvalue weighted by Crippen LogP contribution is 2.36. The first-order valence-electron chi connectivity index (χ1n) is 10.5. The highest BCUT2D eigenvalue weighted by Gasteiger charge is 2.47. The third-order valence-corrected chi connectivity index (χ3v) is 5.67.